The lowest BCUT2D eigenvalue weighted by molar-refractivity contribution is -0.126. The van der Waals surface area contributed by atoms with Crippen molar-refractivity contribution in [1.29, 1.82) is 0 Å². The summed E-state index contributed by atoms with van der Waals surface area (Å²) in [5.74, 6) is -0.230. The highest BCUT2D eigenvalue weighted by molar-refractivity contribution is 7.86. The van der Waals surface area contributed by atoms with Crippen molar-refractivity contribution in [3.63, 3.8) is 0 Å². The maximum atomic E-state index is 12.7. The molecule has 5 nitrogen and oxygen atoms in total. The van der Waals surface area contributed by atoms with Crippen molar-refractivity contribution in [1.82, 2.24) is 0 Å². The van der Waals surface area contributed by atoms with Crippen LogP contribution in [0.2, 0.25) is 5.02 Å². The Bertz CT molecular complexity index is 738. The van der Waals surface area contributed by atoms with Crippen molar-refractivity contribution in [3.8, 4) is 0 Å². The van der Waals surface area contributed by atoms with Gasteiger partial charge in [0, 0.05) is 11.4 Å². The van der Waals surface area contributed by atoms with Crippen LogP contribution in [0, 0.1) is 5.92 Å². The van der Waals surface area contributed by atoms with E-state index in [1.54, 1.807) is 24.3 Å². The van der Waals surface area contributed by atoms with Crippen LogP contribution in [-0.2, 0) is 23.8 Å². The predicted molar refractivity (Wildman–Crippen MR) is 86.4 cm³/mol. The molecule has 0 radical (unpaired) electrons. The van der Waals surface area contributed by atoms with E-state index in [0.717, 1.165) is 11.8 Å². The van der Waals surface area contributed by atoms with Gasteiger partial charge in [-0.15, -0.1) is 0 Å². The highest BCUT2D eigenvalue weighted by Crippen LogP contribution is 2.37. The van der Waals surface area contributed by atoms with Gasteiger partial charge in [-0.2, -0.15) is 8.42 Å². The second-order valence-electron chi connectivity index (χ2n) is 5.92. The van der Waals surface area contributed by atoms with Gasteiger partial charge in [0.25, 0.3) is 10.1 Å². The number of ether oxygens (including phenoxy) is 1. The normalized spacial score (nSPS) is 27.8. The summed E-state index contributed by atoms with van der Waals surface area (Å²) in [5, 5.41) is 0.606. The molecule has 1 aliphatic heterocycles. The van der Waals surface area contributed by atoms with Crippen LogP contribution < -0.4 is 0 Å². The number of allylic oxidation sites excluding steroid dienone is 1. The van der Waals surface area contributed by atoms with Gasteiger partial charge in [-0.1, -0.05) is 23.7 Å². The number of ketones is 1. The molecular weight excluding hydrogens is 340 g/mol. The molecule has 1 saturated carbocycles. The van der Waals surface area contributed by atoms with Crippen molar-refractivity contribution < 1.29 is 22.1 Å². The lowest BCUT2D eigenvalue weighted by Crippen LogP contribution is -2.41. The second kappa shape index (κ2) is 6.26. The first-order valence-electron chi connectivity index (χ1n) is 7.37. The molecule has 0 saturated heterocycles. The molecule has 3 atom stereocenters. The largest absolute Gasteiger partial charge is 0.496 e. The van der Waals surface area contributed by atoms with Crippen LogP contribution in [-0.4, -0.2) is 32.7 Å². The first kappa shape index (κ1) is 16.5. The third-order valence-electron chi connectivity index (χ3n) is 4.17. The molecule has 0 bridgehead atoms. The number of benzene rings is 1. The molecule has 0 amide bonds. The highest BCUT2D eigenvalue weighted by Gasteiger charge is 2.41. The van der Waals surface area contributed by atoms with Crippen molar-refractivity contribution in [2.24, 2.45) is 5.92 Å². The molecule has 1 aliphatic carbocycles. The molecule has 124 valence electrons. The van der Waals surface area contributed by atoms with E-state index >= 15 is 0 Å². The predicted octanol–water partition coefficient (Wildman–Crippen LogP) is 2.79. The minimum Gasteiger partial charge on any atom is -0.496 e. The minimum atomic E-state index is -3.50. The highest BCUT2D eigenvalue weighted by atomic mass is 35.5. The van der Waals surface area contributed by atoms with E-state index in [1.165, 1.54) is 6.26 Å². The number of Topliss-reactive ketones (excluding diaryl/α,β-unsaturated/α-hetero) is 1. The SMILES string of the molecule is CS(=O)(=O)OC1CCC2C(=O)C(c3ccc(Cl)cc3)=COC2C1. The summed E-state index contributed by atoms with van der Waals surface area (Å²) in [6, 6.07) is 7.03. The Kier molecular flexibility index (Phi) is 4.49. The Morgan fingerprint density at radius 1 is 1.22 bits per heavy atom. The fourth-order valence-electron chi connectivity index (χ4n) is 3.13. The number of hydrogen-bond donors (Lipinski definition) is 0. The molecule has 0 spiro atoms. The molecule has 3 rings (SSSR count). The second-order valence-corrected chi connectivity index (χ2v) is 7.96. The molecule has 1 fully saturated rings. The molecule has 0 N–H and O–H groups in total. The molecule has 1 aromatic carbocycles. The van der Waals surface area contributed by atoms with Gasteiger partial charge >= 0.3 is 0 Å². The molecule has 1 heterocycles. The van der Waals surface area contributed by atoms with E-state index in [4.69, 9.17) is 20.5 Å². The molecule has 3 unspecified atom stereocenters. The fourth-order valence-corrected chi connectivity index (χ4v) is 3.93. The summed E-state index contributed by atoms with van der Waals surface area (Å²) in [4.78, 5) is 12.7. The van der Waals surface area contributed by atoms with E-state index in [0.29, 0.717) is 29.9 Å². The van der Waals surface area contributed by atoms with E-state index < -0.39 is 16.2 Å². The van der Waals surface area contributed by atoms with Gasteiger partial charge < -0.3 is 4.74 Å². The zero-order valence-corrected chi connectivity index (χ0v) is 14.1. The number of hydrogen-bond acceptors (Lipinski definition) is 5. The van der Waals surface area contributed by atoms with Crippen molar-refractivity contribution in [2.45, 2.75) is 31.5 Å². The molecule has 7 heteroatoms. The van der Waals surface area contributed by atoms with E-state index in [1.807, 2.05) is 0 Å². The average Bonchev–Trinajstić information content (AvgIpc) is 2.47. The van der Waals surface area contributed by atoms with Crippen LogP contribution in [0.5, 0.6) is 0 Å². The molecule has 23 heavy (non-hydrogen) atoms. The van der Waals surface area contributed by atoms with Gasteiger partial charge in [0.15, 0.2) is 5.78 Å². The topological polar surface area (TPSA) is 69.7 Å². The van der Waals surface area contributed by atoms with Crippen LogP contribution in [0.3, 0.4) is 0 Å². The fraction of sp³-hybridized carbons (Fsp3) is 0.438. The third kappa shape index (κ3) is 3.76. The number of carbonyl (C=O) groups is 1. The van der Waals surface area contributed by atoms with Crippen molar-refractivity contribution >= 4 is 33.1 Å². The van der Waals surface area contributed by atoms with E-state index in [-0.39, 0.29) is 17.8 Å². The Hall–Kier alpha value is -1.37. The summed E-state index contributed by atoms with van der Waals surface area (Å²) in [5.41, 5.74) is 1.30. The number of rotatable bonds is 3. The first-order valence-corrected chi connectivity index (χ1v) is 9.57. The lowest BCUT2D eigenvalue weighted by atomic mass is 9.78. The smallest absolute Gasteiger partial charge is 0.264 e. The molecule has 2 aliphatic rings. The number of carbonyl (C=O) groups excluding carboxylic acids is 1. The third-order valence-corrected chi connectivity index (χ3v) is 5.05. The zero-order valence-electron chi connectivity index (χ0n) is 12.6. The van der Waals surface area contributed by atoms with Gasteiger partial charge in [0.2, 0.25) is 0 Å². The van der Waals surface area contributed by atoms with E-state index in [9.17, 15) is 13.2 Å². The van der Waals surface area contributed by atoms with E-state index in [2.05, 4.69) is 0 Å². The van der Waals surface area contributed by atoms with Gasteiger partial charge in [0.05, 0.1) is 30.1 Å². The van der Waals surface area contributed by atoms with Gasteiger partial charge in [-0.05, 0) is 30.5 Å². The first-order chi connectivity index (χ1) is 10.8. The van der Waals surface area contributed by atoms with Crippen molar-refractivity contribution in [2.75, 3.05) is 6.26 Å². The summed E-state index contributed by atoms with van der Waals surface area (Å²) in [6.45, 7) is 0. The summed E-state index contributed by atoms with van der Waals surface area (Å²) in [7, 11) is -3.50. The van der Waals surface area contributed by atoms with Gasteiger partial charge in [0.1, 0.15) is 6.10 Å². The Labute approximate surface area is 140 Å². The number of fused-ring (bicyclic) bond motifs is 1. The van der Waals surface area contributed by atoms with Crippen LogP contribution in [0.15, 0.2) is 30.5 Å². The number of halogens is 1. The minimum absolute atomic E-state index is 0.0291. The molecule has 1 aromatic rings. The summed E-state index contributed by atoms with van der Waals surface area (Å²) >= 11 is 5.87. The Morgan fingerprint density at radius 3 is 2.57 bits per heavy atom. The maximum Gasteiger partial charge on any atom is 0.264 e. The average molecular weight is 357 g/mol. The molecular formula is C16H17ClO5S. The summed E-state index contributed by atoms with van der Waals surface area (Å²) in [6.07, 6.45) is 3.21. The van der Waals surface area contributed by atoms with Crippen LogP contribution in [0.4, 0.5) is 0 Å². The Morgan fingerprint density at radius 2 is 1.91 bits per heavy atom. The van der Waals surface area contributed by atoms with Crippen LogP contribution in [0.1, 0.15) is 24.8 Å². The summed E-state index contributed by atoms with van der Waals surface area (Å²) < 4.78 is 33.2. The lowest BCUT2D eigenvalue weighted by Gasteiger charge is -2.37. The van der Waals surface area contributed by atoms with Crippen LogP contribution >= 0.6 is 11.6 Å². The standard InChI is InChI=1S/C16H17ClO5S/c1-23(19,20)22-12-6-7-13-15(8-12)21-9-14(16(13)18)10-2-4-11(17)5-3-10/h2-5,9,12-13,15H,6-8H2,1H3. The zero-order chi connectivity index (χ0) is 16.6. The Balaban J connectivity index is 1.76. The maximum absolute atomic E-state index is 12.7. The molecule has 0 aromatic heterocycles. The van der Waals surface area contributed by atoms with Gasteiger partial charge in [-0.3, -0.25) is 8.98 Å². The van der Waals surface area contributed by atoms with Gasteiger partial charge in [-0.25, -0.2) is 0 Å². The van der Waals surface area contributed by atoms with Crippen LogP contribution in [0.25, 0.3) is 5.57 Å². The monoisotopic (exact) mass is 356 g/mol. The van der Waals surface area contributed by atoms with Crippen molar-refractivity contribution in [3.05, 3.63) is 41.1 Å². The quantitative estimate of drug-likeness (QED) is 0.779.